The van der Waals surface area contributed by atoms with Gasteiger partial charge in [-0.15, -0.1) is 0 Å². The Morgan fingerprint density at radius 1 is 1.18 bits per heavy atom. The molecule has 0 aromatic heterocycles. The molecule has 7 nitrogen and oxygen atoms in total. The Labute approximate surface area is 167 Å². The number of anilines is 1. The van der Waals surface area contributed by atoms with Crippen molar-refractivity contribution in [1.82, 2.24) is 5.32 Å². The number of rotatable bonds is 6. The number of hydrogen-bond acceptors (Lipinski definition) is 5. The van der Waals surface area contributed by atoms with Crippen molar-refractivity contribution in [1.29, 1.82) is 0 Å². The number of amides is 2. The van der Waals surface area contributed by atoms with Crippen molar-refractivity contribution in [2.75, 3.05) is 19.0 Å². The lowest BCUT2D eigenvalue weighted by Gasteiger charge is -2.12. The van der Waals surface area contributed by atoms with Gasteiger partial charge in [0.15, 0.2) is 6.10 Å². The number of benzene rings is 2. The predicted molar refractivity (Wildman–Crippen MR) is 103 cm³/mol. The van der Waals surface area contributed by atoms with Crippen molar-refractivity contribution < 1.29 is 23.9 Å². The lowest BCUT2D eigenvalue weighted by atomic mass is 10.1. The second-order valence-corrected chi connectivity index (χ2v) is 6.71. The third kappa shape index (κ3) is 5.01. The molecule has 0 saturated heterocycles. The third-order valence-electron chi connectivity index (χ3n) is 4.23. The second-order valence-electron chi connectivity index (χ2n) is 6.28. The molecule has 0 fully saturated rings. The van der Waals surface area contributed by atoms with Gasteiger partial charge in [-0.3, -0.25) is 14.4 Å². The van der Waals surface area contributed by atoms with Gasteiger partial charge in [0.05, 0.1) is 13.5 Å². The summed E-state index contributed by atoms with van der Waals surface area (Å²) < 4.78 is 10.1. The van der Waals surface area contributed by atoms with E-state index in [9.17, 15) is 14.4 Å². The molecule has 3 rings (SSSR count). The molecule has 0 radical (unpaired) electrons. The number of carbonyl (C=O) groups excluding carboxylic acids is 3. The number of halogens is 1. The lowest BCUT2D eigenvalue weighted by molar-refractivity contribution is -0.141. The van der Waals surface area contributed by atoms with Gasteiger partial charge in [-0.05, 0) is 41.5 Å². The van der Waals surface area contributed by atoms with Crippen LogP contribution in [-0.4, -0.2) is 37.5 Å². The summed E-state index contributed by atoms with van der Waals surface area (Å²) in [4.78, 5) is 35.2. The Morgan fingerprint density at radius 2 is 1.93 bits per heavy atom. The number of esters is 1. The number of hydrogen-bond donors (Lipinski definition) is 2. The van der Waals surface area contributed by atoms with Crippen molar-refractivity contribution in [3.63, 3.8) is 0 Å². The maximum atomic E-state index is 12.4. The Balaban J connectivity index is 1.51. The molecule has 1 aliphatic rings. The highest BCUT2D eigenvalue weighted by Crippen LogP contribution is 2.31. The molecule has 8 heteroatoms. The molecule has 0 spiro atoms. The summed E-state index contributed by atoms with van der Waals surface area (Å²) in [5, 5.41) is 5.88. The van der Waals surface area contributed by atoms with Crippen molar-refractivity contribution in [3.05, 3.63) is 58.6 Å². The van der Waals surface area contributed by atoms with Crippen LogP contribution in [0.25, 0.3) is 0 Å². The fraction of sp³-hybridized carbons (Fsp3) is 0.250. The van der Waals surface area contributed by atoms with Crippen LogP contribution < -0.4 is 15.4 Å². The highest BCUT2D eigenvalue weighted by atomic mass is 35.5. The van der Waals surface area contributed by atoms with E-state index in [-0.39, 0.29) is 24.8 Å². The zero-order valence-corrected chi connectivity index (χ0v) is 15.9. The van der Waals surface area contributed by atoms with Gasteiger partial charge in [-0.2, -0.15) is 0 Å². The van der Waals surface area contributed by atoms with E-state index >= 15 is 0 Å². The minimum atomic E-state index is -0.614. The summed E-state index contributed by atoms with van der Waals surface area (Å²) in [7, 11) is 1.26. The monoisotopic (exact) mass is 402 g/mol. The molecule has 146 valence electrons. The molecule has 2 aromatic carbocycles. The van der Waals surface area contributed by atoms with E-state index in [1.54, 1.807) is 42.5 Å². The van der Waals surface area contributed by atoms with Crippen LogP contribution in [0.2, 0.25) is 5.02 Å². The van der Waals surface area contributed by atoms with Gasteiger partial charge in [-0.1, -0.05) is 23.7 Å². The Kier molecular flexibility index (Phi) is 6.16. The molecule has 0 aliphatic carbocycles. The smallest absolute Gasteiger partial charge is 0.325 e. The first-order valence-electron chi connectivity index (χ1n) is 8.63. The minimum Gasteiger partial charge on any atom is -0.480 e. The van der Waals surface area contributed by atoms with Gasteiger partial charge in [0.1, 0.15) is 12.3 Å². The largest absolute Gasteiger partial charge is 0.480 e. The zero-order valence-electron chi connectivity index (χ0n) is 15.2. The van der Waals surface area contributed by atoms with Gasteiger partial charge in [0, 0.05) is 17.1 Å². The first-order valence-corrected chi connectivity index (χ1v) is 9.01. The van der Waals surface area contributed by atoms with Crippen LogP contribution in [0.4, 0.5) is 5.69 Å². The lowest BCUT2D eigenvalue weighted by Crippen LogP contribution is -2.31. The Hall–Kier alpha value is -3.06. The first-order chi connectivity index (χ1) is 13.4. The number of nitrogens with one attached hydrogen (secondary N) is 2. The van der Waals surface area contributed by atoms with Gasteiger partial charge in [0.25, 0.3) is 5.91 Å². The van der Waals surface area contributed by atoms with Crippen LogP contribution in [0, 0.1) is 0 Å². The molecule has 1 heterocycles. The van der Waals surface area contributed by atoms with Crippen molar-refractivity contribution in [3.8, 4) is 5.75 Å². The molecule has 1 unspecified atom stereocenters. The molecule has 2 amide bonds. The molecule has 1 atom stereocenters. The van der Waals surface area contributed by atoms with Crippen LogP contribution in [-0.2, 0) is 32.0 Å². The van der Waals surface area contributed by atoms with Gasteiger partial charge in [-0.25, -0.2) is 0 Å². The maximum absolute atomic E-state index is 12.4. The number of methoxy groups -OCH3 is 1. The summed E-state index contributed by atoms with van der Waals surface area (Å²) in [5.41, 5.74) is 2.25. The first kappa shape index (κ1) is 19.7. The molecule has 2 N–H and O–H groups in total. The number of carbonyl (C=O) groups is 3. The highest BCUT2D eigenvalue weighted by molar-refractivity contribution is 6.30. The van der Waals surface area contributed by atoms with Gasteiger partial charge >= 0.3 is 5.97 Å². The van der Waals surface area contributed by atoms with E-state index in [0.717, 1.165) is 11.1 Å². The standard InChI is InChI=1S/C20H19ClN2O5/c1-27-19(25)11-22-18(24)8-12-2-5-15(6-3-12)23-20(26)17-10-13-9-14(21)4-7-16(13)28-17/h2-7,9,17H,8,10-11H2,1H3,(H,22,24)(H,23,26). The topological polar surface area (TPSA) is 93.7 Å². The van der Waals surface area contributed by atoms with E-state index < -0.39 is 12.1 Å². The highest BCUT2D eigenvalue weighted by Gasteiger charge is 2.29. The summed E-state index contributed by atoms with van der Waals surface area (Å²) in [6.45, 7) is -0.168. The van der Waals surface area contributed by atoms with E-state index in [2.05, 4.69) is 15.4 Å². The van der Waals surface area contributed by atoms with Gasteiger partial charge < -0.3 is 20.1 Å². The maximum Gasteiger partial charge on any atom is 0.325 e. The van der Waals surface area contributed by atoms with Crippen LogP contribution in [0.1, 0.15) is 11.1 Å². The van der Waals surface area contributed by atoms with Gasteiger partial charge in [0.2, 0.25) is 5.91 Å². The molecular weight excluding hydrogens is 384 g/mol. The molecule has 2 aromatic rings. The Morgan fingerprint density at radius 3 is 2.64 bits per heavy atom. The summed E-state index contributed by atoms with van der Waals surface area (Å²) in [6.07, 6.45) is -0.0371. The number of ether oxygens (including phenoxy) is 2. The van der Waals surface area contributed by atoms with Crippen LogP contribution in [0.15, 0.2) is 42.5 Å². The fourth-order valence-corrected chi connectivity index (χ4v) is 2.98. The molecular formula is C20H19ClN2O5. The van der Waals surface area contributed by atoms with E-state index in [4.69, 9.17) is 16.3 Å². The average Bonchev–Trinajstić information content (AvgIpc) is 3.11. The van der Waals surface area contributed by atoms with Crippen LogP contribution in [0.5, 0.6) is 5.75 Å². The molecule has 0 bridgehead atoms. The molecule has 1 aliphatic heterocycles. The zero-order chi connectivity index (χ0) is 20.1. The quantitative estimate of drug-likeness (QED) is 0.722. The predicted octanol–water partition coefficient (Wildman–Crippen LogP) is 2.11. The van der Waals surface area contributed by atoms with Crippen LogP contribution >= 0.6 is 11.6 Å². The molecule has 28 heavy (non-hydrogen) atoms. The average molecular weight is 403 g/mol. The molecule has 0 saturated carbocycles. The van der Waals surface area contributed by atoms with Crippen molar-refractivity contribution in [2.45, 2.75) is 18.9 Å². The SMILES string of the molecule is COC(=O)CNC(=O)Cc1ccc(NC(=O)C2Cc3cc(Cl)ccc3O2)cc1. The Bertz CT molecular complexity index is 898. The normalized spacial score (nSPS) is 14.6. The second kappa shape index (κ2) is 8.75. The summed E-state index contributed by atoms with van der Waals surface area (Å²) in [5.74, 6) is -0.392. The fourth-order valence-electron chi connectivity index (χ4n) is 2.78. The van der Waals surface area contributed by atoms with E-state index in [0.29, 0.717) is 22.9 Å². The van der Waals surface area contributed by atoms with E-state index in [1.165, 1.54) is 7.11 Å². The summed E-state index contributed by atoms with van der Waals surface area (Å²) in [6, 6.07) is 12.2. The minimum absolute atomic E-state index is 0.118. The summed E-state index contributed by atoms with van der Waals surface area (Å²) >= 11 is 5.97. The van der Waals surface area contributed by atoms with Crippen molar-refractivity contribution >= 4 is 35.1 Å². The third-order valence-corrected chi connectivity index (χ3v) is 4.47. The van der Waals surface area contributed by atoms with Crippen molar-refractivity contribution in [2.24, 2.45) is 0 Å². The van der Waals surface area contributed by atoms with E-state index in [1.807, 2.05) is 0 Å². The van der Waals surface area contributed by atoms with Crippen LogP contribution in [0.3, 0.4) is 0 Å². The number of fused-ring (bicyclic) bond motifs is 1.